The first-order valence-corrected chi connectivity index (χ1v) is 8.09. The van der Waals surface area contributed by atoms with Gasteiger partial charge in [-0.1, -0.05) is 30.3 Å². The highest BCUT2D eigenvalue weighted by Crippen LogP contribution is 2.25. The normalized spacial score (nSPS) is 21.9. The summed E-state index contributed by atoms with van der Waals surface area (Å²) in [6.45, 7) is 6.57. The minimum atomic E-state index is -0.450. The van der Waals surface area contributed by atoms with Crippen molar-refractivity contribution in [2.45, 2.75) is 64.3 Å². The van der Waals surface area contributed by atoms with Crippen molar-refractivity contribution in [1.82, 2.24) is 10.2 Å². The Hall–Kier alpha value is -1.55. The lowest BCUT2D eigenvalue weighted by atomic mass is 10.1. The molecular formula is C18H28N2O2. The first-order valence-electron chi connectivity index (χ1n) is 8.09. The van der Waals surface area contributed by atoms with Crippen LogP contribution in [0.3, 0.4) is 0 Å². The van der Waals surface area contributed by atoms with Crippen LogP contribution in [-0.4, -0.2) is 35.7 Å². The zero-order valence-corrected chi connectivity index (χ0v) is 14.1. The Kier molecular flexibility index (Phi) is 5.46. The van der Waals surface area contributed by atoms with E-state index in [-0.39, 0.29) is 12.1 Å². The highest BCUT2D eigenvalue weighted by molar-refractivity contribution is 5.68. The van der Waals surface area contributed by atoms with E-state index in [1.54, 1.807) is 0 Å². The van der Waals surface area contributed by atoms with Gasteiger partial charge in [-0.2, -0.15) is 0 Å². The summed E-state index contributed by atoms with van der Waals surface area (Å²) in [5.74, 6) is 0. The topological polar surface area (TPSA) is 41.6 Å². The summed E-state index contributed by atoms with van der Waals surface area (Å²) in [5, 5.41) is 3.05. The van der Waals surface area contributed by atoms with Crippen LogP contribution in [-0.2, 0) is 11.3 Å². The molecule has 1 amide bonds. The van der Waals surface area contributed by atoms with E-state index in [1.165, 1.54) is 5.56 Å². The summed E-state index contributed by atoms with van der Waals surface area (Å²) in [6, 6.07) is 11.0. The highest BCUT2D eigenvalue weighted by Gasteiger charge is 2.32. The lowest BCUT2D eigenvalue weighted by Gasteiger charge is -2.31. The number of nitrogens with zero attached hydrogens (tertiary/aromatic N) is 1. The number of hydrogen-bond acceptors (Lipinski definition) is 3. The number of alkyl carbamates (subject to hydrolysis) is 1. The third-order valence-corrected chi connectivity index (χ3v) is 4.02. The van der Waals surface area contributed by atoms with Crippen LogP contribution in [0.2, 0.25) is 0 Å². The van der Waals surface area contributed by atoms with E-state index in [0.717, 1.165) is 25.8 Å². The Bertz CT molecular complexity index is 482. The van der Waals surface area contributed by atoms with Gasteiger partial charge in [0, 0.05) is 18.6 Å². The molecule has 1 fully saturated rings. The molecule has 0 bridgehead atoms. The van der Waals surface area contributed by atoms with E-state index in [2.05, 4.69) is 41.5 Å². The number of ether oxygens (including phenoxy) is 1. The summed E-state index contributed by atoms with van der Waals surface area (Å²) in [6.07, 6.45) is 2.97. The molecule has 22 heavy (non-hydrogen) atoms. The minimum Gasteiger partial charge on any atom is -0.444 e. The maximum Gasteiger partial charge on any atom is 0.407 e. The molecule has 2 atom stereocenters. The Morgan fingerprint density at radius 3 is 2.59 bits per heavy atom. The number of carbonyl (C=O) groups excluding carboxylic acids is 1. The summed E-state index contributed by atoms with van der Waals surface area (Å²) < 4.78 is 5.38. The second-order valence-electron chi connectivity index (χ2n) is 7.15. The van der Waals surface area contributed by atoms with Crippen molar-refractivity contribution < 1.29 is 9.53 Å². The molecule has 1 saturated carbocycles. The largest absolute Gasteiger partial charge is 0.444 e. The number of nitrogens with one attached hydrogen (secondary N) is 1. The Morgan fingerprint density at radius 1 is 1.27 bits per heavy atom. The molecule has 1 N–H and O–H groups in total. The average Bonchev–Trinajstić information content (AvgIpc) is 2.85. The van der Waals surface area contributed by atoms with E-state index < -0.39 is 5.60 Å². The molecule has 1 aromatic rings. The van der Waals surface area contributed by atoms with Crippen molar-refractivity contribution >= 4 is 6.09 Å². The van der Waals surface area contributed by atoms with E-state index in [0.29, 0.717) is 6.04 Å². The molecule has 0 spiro atoms. The van der Waals surface area contributed by atoms with Gasteiger partial charge in [0.05, 0.1) is 0 Å². The fraction of sp³-hybridized carbons (Fsp3) is 0.611. The number of hydrogen-bond donors (Lipinski definition) is 1. The molecule has 2 rings (SSSR count). The molecule has 1 aliphatic rings. The summed E-state index contributed by atoms with van der Waals surface area (Å²) in [5.41, 5.74) is 0.849. The van der Waals surface area contributed by atoms with Crippen molar-refractivity contribution in [1.29, 1.82) is 0 Å². The third-order valence-electron chi connectivity index (χ3n) is 4.02. The first-order chi connectivity index (χ1) is 10.3. The first kappa shape index (κ1) is 16.8. The number of rotatable bonds is 4. The molecule has 4 heteroatoms. The van der Waals surface area contributed by atoms with Crippen LogP contribution in [0.4, 0.5) is 4.79 Å². The molecule has 0 radical (unpaired) electrons. The van der Waals surface area contributed by atoms with Crippen LogP contribution < -0.4 is 5.32 Å². The van der Waals surface area contributed by atoms with Crippen LogP contribution in [0.5, 0.6) is 0 Å². The number of likely N-dealkylation sites (N-methyl/N-ethyl adjacent to an activating group) is 1. The van der Waals surface area contributed by atoms with Crippen LogP contribution in [0, 0.1) is 0 Å². The molecule has 0 saturated heterocycles. The fourth-order valence-electron chi connectivity index (χ4n) is 3.08. The maximum atomic E-state index is 12.0. The number of benzene rings is 1. The van der Waals surface area contributed by atoms with Gasteiger partial charge >= 0.3 is 6.09 Å². The number of amides is 1. The zero-order chi connectivity index (χ0) is 16.2. The molecule has 4 nitrogen and oxygen atoms in total. The van der Waals surface area contributed by atoms with Gasteiger partial charge in [-0.3, -0.25) is 4.90 Å². The Labute approximate surface area is 133 Å². The molecule has 1 aliphatic carbocycles. The average molecular weight is 304 g/mol. The van der Waals surface area contributed by atoms with Crippen molar-refractivity contribution in [3.05, 3.63) is 35.9 Å². The van der Waals surface area contributed by atoms with Crippen LogP contribution in [0.1, 0.15) is 45.6 Å². The molecular weight excluding hydrogens is 276 g/mol. The SMILES string of the molecule is CN(Cc1ccccc1)[C@H]1CCC[C@@H]1NC(=O)OC(C)(C)C. The predicted molar refractivity (Wildman–Crippen MR) is 88.7 cm³/mol. The van der Waals surface area contributed by atoms with Crippen LogP contribution in [0.25, 0.3) is 0 Å². The third kappa shape index (κ3) is 5.02. The van der Waals surface area contributed by atoms with E-state index in [1.807, 2.05) is 26.8 Å². The van der Waals surface area contributed by atoms with Gasteiger partial charge in [0.1, 0.15) is 5.60 Å². The van der Waals surface area contributed by atoms with E-state index in [4.69, 9.17) is 4.74 Å². The quantitative estimate of drug-likeness (QED) is 0.924. The van der Waals surface area contributed by atoms with Gasteiger partial charge in [-0.25, -0.2) is 4.79 Å². The van der Waals surface area contributed by atoms with E-state index in [9.17, 15) is 4.79 Å². The van der Waals surface area contributed by atoms with Gasteiger partial charge in [-0.05, 0) is 52.6 Å². The Morgan fingerprint density at radius 2 is 1.95 bits per heavy atom. The molecule has 0 aromatic heterocycles. The van der Waals surface area contributed by atoms with Crippen molar-refractivity contribution in [3.8, 4) is 0 Å². The molecule has 0 unspecified atom stereocenters. The van der Waals surface area contributed by atoms with Gasteiger partial charge in [0.25, 0.3) is 0 Å². The van der Waals surface area contributed by atoms with Crippen molar-refractivity contribution in [3.63, 3.8) is 0 Å². The summed E-state index contributed by atoms with van der Waals surface area (Å²) >= 11 is 0. The van der Waals surface area contributed by atoms with Crippen LogP contribution >= 0.6 is 0 Å². The Balaban J connectivity index is 1.91. The van der Waals surface area contributed by atoms with Crippen molar-refractivity contribution in [2.24, 2.45) is 0 Å². The van der Waals surface area contributed by atoms with Gasteiger partial charge in [-0.15, -0.1) is 0 Å². The molecule has 1 aromatic carbocycles. The maximum absolute atomic E-state index is 12.0. The standard InChI is InChI=1S/C18H28N2O2/c1-18(2,3)22-17(21)19-15-11-8-12-16(15)20(4)13-14-9-6-5-7-10-14/h5-7,9-10,15-16H,8,11-13H2,1-4H3,(H,19,21)/t15-,16-/m0/s1. The zero-order valence-electron chi connectivity index (χ0n) is 14.1. The lowest BCUT2D eigenvalue weighted by molar-refractivity contribution is 0.0478. The second kappa shape index (κ2) is 7.14. The second-order valence-corrected chi connectivity index (χ2v) is 7.15. The molecule has 0 aliphatic heterocycles. The van der Waals surface area contributed by atoms with Crippen molar-refractivity contribution in [2.75, 3.05) is 7.05 Å². The van der Waals surface area contributed by atoms with Gasteiger partial charge < -0.3 is 10.1 Å². The fourth-order valence-corrected chi connectivity index (χ4v) is 3.08. The smallest absolute Gasteiger partial charge is 0.407 e. The van der Waals surface area contributed by atoms with Gasteiger partial charge in [0.15, 0.2) is 0 Å². The molecule has 122 valence electrons. The summed E-state index contributed by atoms with van der Waals surface area (Å²) in [4.78, 5) is 14.3. The lowest BCUT2D eigenvalue weighted by Crippen LogP contribution is -2.48. The van der Waals surface area contributed by atoms with Crippen LogP contribution in [0.15, 0.2) is 30.3 Å². The highest BCUT2D eigenvalue weighted by atomic mass is 16.6. The minimum absolute atomic E-state index is 0.170. The van der Waals surface area contributed by atoms with Gasteiger partial charge in [0.2, 0.25) is 0 Å². The summed E-state index contributed by atoms with van der Waals surface area (Å²) in [7, 11) is 2.13. The monoisotopic (exact) mass is 304 g/mol. The van der Waals surface area contributed by atoms with E-state index >= 15 is 0 Å². The molecule has 0 heterocycles. The number of carbonyl (C=O) groups is 1. The predicted octanol–water partition coefficient (Wildman–Crippen LogP) is 3.56.